The van der Waals surface area contributed by atoms with Gasteiger partial charge in [-0.05, 0) is 41.3 Å². The summed E-state index contributed by atoms with van der Waals surface area (Å²) in [6, 6.07) is 9.69. The van der Waals surface area contributed by atoms with Gasteiger partial charge in [0.05, 0.1) is 18.4 Å². The summed E-state index contributed by atoms with van der Waals surface area (Å²) in [5.74, 6) is 3.32. The lowest BCUT2D eigenvalue weighted by atomic mass is 9.88. The van der Waals surface area contributed by atoms with E-state index in [-0.39, 0.29) is 13.6 Å². The Labute approximate surface area is 160 Å². The molecule has 28 heavy (non-hydrogen) atoms. The maximum Gasteiger partial charge on any atom is 0.231 e. The lowest BCUT2D eigenvalue weighted by Crippen LogP contribution is -2.28. The van der Waals surface area contributed by atoms with Gasteiger partial charge >= 0.3 is 0 Å². The summed E-state index contributed by atoms with van der Waals surface area (Å²) in [6.45, 7) is 0.350. The molecule has 3 aromatic carbocycles. The molecule has 0 saturated carbocycles. The first-order valence-electron chi connectivity index (χ1n) is 8.95. The van der Waals surface area contributed by atoms with Crippen molar-refractivity contribution < 1.29 is 28.8 Å². The van der Waals surface area contributed by atoms with Crippen molar-refractivity contribution in [3.63, 3.8) is 0 Å². The monoisotopic (exact) mass is 379 g/mol. The Kier molecular flexibility index (Phi) is 3.01. The third-order valence-electron chi connectivity index (χ3n) is 5.61. The first-order chi connectivity index (χ1) is 13.7. The van der Waals surface area contributed by atoms with E-state index in [9.17, 15) is 5.11 Å². The van der Waals surface area contributed by atoms with Crippen LogP contribution in [0.4, 0.5) is 5.69 Å². The van der Waals surface area contributed by atoms with Gasteiger partial charge in [-0.3, -0.25) is 0 Å². The Bertz CT molecular complexity index is 1160. The highest BCUT2D eigenvalue weighted by Gasteiger charge is 2.37. The molecule has 0 bridgehead atoms. The van der Waals surface area contributed by atoms with Crippen LogP contribution in [0.3, 0.4) is 0 Å². The van der Waals surface area contributed by atoms with Crippen LogP contribution in [0.2, 0.25) is 0 Å². The van der Waals surface area contributed by atoms with E-state index in [1.54, 1.807) is 7.11 Å². The standard InChI is InChI=1S/C21H17NO6/c1-22-19-12-7-15-14(26-8-27-15)5-10(12)6-16(24-2)17(19)11-3-4-13-20(28-9-25-13)18(11)21(22)23/h3-7,21,23H,8-9H2,1-2H3/t21-/m0/s1. The number of methoxy groups -OCH3 is 1. The van der Waals surface area contributed by atoms with Crippen molar-refractivity contribution in [3.8, 4) is 39.9 Å². The third-order valence-corrected chi connectivity index (χ3v) is 5.61. The molecule has 0 saturated heterocycles. The highest BCUT2D eigenvalue weighted by Crippen LogP contribution is 2.56. The maximum absolute atomic E-state index is 11.2. The van der Waals surface area contributed by atoms with E-state index in [1.165, 1.54) is 0 Å². The van der Waals surface area contributed by atoms with Crippen LogP contribution in [0.25, 0.3) is 21.9 Å². The van der Waals surface area contributed by atoms with Gasteiger partial charge < -0.3 is 33.7 Å². The average molecular weight is 379 g/mol. The first-order valence-corrected chi connectivity index (χ1v) is 8.95. The second kappa shape index (κ2) is 5.36. The number of nitrogens with zero attached hydrogens (tertiary/aromatic N) is 1. The molecule has 0 unspecified atom stereocenters. The van der Waals surface area contributed by atoms with Crippen LogP contribution in [-0.2, 0) is 0 Å². The van der Waals surface area contributed by atoms with Gasteiger partial charge in [0.1, 0.15) is 5.75 Å². The molecular weight excluding hydrogens is 362 g/mol. The van der Waals surface area contributed by atoms with Crippen molar-refractivity contribution >= 4 is 16.5 Å². The maximum atomic E-state index is 11.2. The van der Waals surface area contributed by atoms with Gasteiger partial charge in [0, 0.05) is 18.0 Å². The smallest absolute Gasteiger partial charge is 0.231 e. The molecule has 0 amide bonds. The molecule has 3 aliphatic rings. The number of aliphatic hydroxyl groups excluding tert-OH is 1. The number of hydrogen-bond donors (Lipinski definition) is 1. The van der Waals surface area contributed by atoms with Gasteiger partial charge in [0.2, 0.25) is 13.6 Å². The number of aliphatic hydroxyl groups is 1. The molecule has 3 aromatic rings. The van der Waals surface area contributed by atoms with E-state index in [2.05, 4.69) is 0 Å². The van der Waals surface area contributed by atoms with Gasteiger partial charge in [0.25, 0.3) is 0 Å². The molecule has 6 rings (SSSR count). The fourth-order valence-corrected chi connectivity index (χ4v) is 4.32. The van der Waals surface area contributed by atoms with Crippen molar-refractivity contribution in [2.24, 2.45) is 0 Å². The topological polar surface area (TPSA) is 69.6 Å². The van der Waals surface area contributed by atoms with Crippen molar-refractivity contribution in [3.05, 3.63) is 35.9 Å². The fourth-order valence-electron chi connectivity index (χ4n) is 4.32. The Morgan fingerprint density at radius 2 is 1.75 bits per heavy atom. The lowest BCUT2D eigenvalue weighted by Gasteiger charge is -2.36. The summed E-state index contributed by atoms with van der Waals surface area (Å²) >= 11 is 0. The Morgan fingerprint density at radius 1 is 1.00 bits per heavy atom. The summed E-state index contributed by atoms with van der Waals surface area (Å²) in [7, 11) is 3.50. The zero-order valence-corrected chi connectivity index (χ0v) is 15.3. The molecular formula is C21H17NO6. The first kappa shape index (κ1) is 15.7. The molecule has 0 radical (unpaired) electrons. The zero-order chi connectivity index (χ0) is 19.0. The molecule has 3 aliphatic heterocycles. The van der Waals surface area contributed by atoms with Crippen LogP contribution in [0.5, 0.6) is 28.7 Å². The van der Waals surface area contributed by atoms with Gasteiger partial charge in [-0.1, -0.05) is 0 Å². The SMILES string of the molecule is COc1cc2cc3c(cc2c2c1-c1ccc4c(c1[C@H](O)N2C)OCO4)OCO3. The Balaban J connectivity index is 1.73. The molecule has 142 valence electrons. The summed E-state index contributed by atoms with van der Waals surface area (Å²) in [5.41, 5.74) is 3.31. The molecule has 0 spiro atoms. The summed E-state index contributed by atoms with van der Waals surface area (Å²) in [4.78, 5) is 1.83. The van der Waals surface area contributed by atoms with Crippen molar-refractivity contribution in [2.75, 3.05) is 32.6 Å². The van der Waals surface area contributed by atoms with Crippen molar-refractivity contribution in [1.82, 2.24) is 0 Å². The van der Waals surface area contributed by atoms with Crippen molar-refractivity contribution in [1.29, 1.82) is 0 Å². The minimum Gasteiger partial charge on any atom is -0.496 e. The predicted octanol–water partition coefficient (Wildman–Crippen LogP) is 3.41. The predicted molar refractivity (Wildman–Crippen MR) is 102 cm³/mol. The number of ether oxygens (including phenoxy) is 5. The summed E-state index contributed by atoms with van der Waals surface area (Å²) < 4.78 is 28.0. The average Bonchev–Trinajstić information content (AvgIpc) is 3.37. The quantitative estimate of drug-likeness (QED) is 0.695. The van der Waals surface area contributed by atoms with Crippen LogP contribution in [0.1, 0.15) is 11.8 Å². The second-order valence-corrected chi connectivity index (χ2v) is 6.97. The third kappa shape index (κ3) is 1.86. The second-order valence-electron chi connectivity index (χ2n) is 6.97. The number of hydrogen-bond acceptors (Lipinski definition) is 7. The minimum absolute atomic E-state index is 0.146. The molecule has 0 aromatic heterocycles. The molecule has 0 aliphatic carbocycles. The Morgan fingerprint density at radius 3 is 2.57 bits per heavy atom. The van der Waals surface area contributed by atoms with Crippen LogP contribution in [0.15, 0.2) is 30.3 Å². The van der Waals surface area contributed by atoms with Gasteiger partial charge in [-0.15, -0.1) is 0 Å². The molecule has 1 N–H and O–H groups in total. The fraction of sp³-hybridized carbons (Fsp3) is 0.238. The van der Waals surface area contributed by atoms with Gasteiger partial charge in [-0.2, -0.15) is 0 Å². The summed E-state index contributed by atoms with van der Waals surface area (Å²) in [5, 5.41) is 13.0. The molecule has 7 heteroatoms. The Hall–Kier alpha value is -3.32. The van der Waals surface area contributed by atoms with Crippen LogP contribution >= 0.6 is 0 Å². The van der Waals surface area contributed by atoms with Crippen LogP contribution in [0, 0.1) is 0 Å². The highest BCUT2D eigenvalue weighted by molar-refractivity contribution is 6.08. The van der Waals surface area contributed by atoms with E-state index in [0.717, 1.165) is 27.6 Å². The van der Waals surface area contributed by atoms with Crippen LogP contribution in [-0.4, -0.2) is 32.8 Å². The minimum atomic E-state index is -0.889. The van der Waals surface area contributed by atoms with E-state index in [0.29, 0.717) is 34.3 Å². The number of benzene rings is 3. The van der Waals surface area contributed by atoms with E-state index in [1.807, 2.05) is 42.3 Å². The van der Waals surface area contributed by atoms with E-state index in [4.69, 9.17) is 23.7 Å². The number of fused-ring (bicyclic) bond motifs is 8. The van der Waals surface area contributed by atoms with E-state index < -0.39 is 6.23 Å². The van der Waals surface area contributed by atoms with Crippen molar-refractivity contribution in [2.45, 2.75) is 6.23 Å². The number of rotatable bonds is 1. The molecule has 1 atom stereocenters. The molecule has 7 nitrogen and oxygen atoms in total. The van der Waals surface area contributed by atoms with Gasteiger partial charge in [0.15, 0.2) is 29.2 Å². The largest absolute Gasteiger partial charge is 0.496 e. The molecule has 0 fully saturated rings. The highest BCUT2D eigenvalue weighted by atomic mass is 16.7. The zero-order valence-electron chi connectivity index (χ0n) is 15.3. The van der Waals surface area contributed by atoms with E-state index >= 15 is 0 Å². The van der Waals surface area contributed by atoms with Gasteiger partial charge in [-0.25, -0.2) is 0 Å². The summed E-state index contributed by atoms with van der Waals surface area (Å²) in [6.07, 6.45) is -0.889. The number of anilines is 1. The lowest BCUT2D eigenvalue weighted by molar-refractivity contribution is 0.157. The molecule has 3 heterocycles. The van der Waals surface area contributed by atoms with Crippen LogP contribution < -0.4 is 28.6 Å². The normalized spacial score (nSPS) is 18.2.